The minimum Gasteiger partial charge on any atom is -0.487 e. The summed E-state index contributed by atoms with van der Waals surface area (Å²) >= 11 is 1.91. The highest BCUT2D eigenvalue weighted by molar-refractivity contribution is 7.11. The van der Waals surface area contributed by atoms with Crippen LogP contribution in [0.25, 0.3) is 0 Å². The van der Waals surface area contributed by atoms with Crippen molar-refractivity contribution < 1.29 is 4.74 Å². The van der Waals surface area contributed by atoms with Gasteiger partial charge in [0, 0.05) is 34.3 Å². The van der Waals surface area contributed by atoms with E-state index >= 15 is 0 Å². The molecule has 2 nitrogen and oxygen atoms in total. The summed E-state index contributed by atoms with van der Waals surface area (Å²) in [5, 5.41) is 3.72. The molecule has 0 saturated carbocycles. The predicted octanol–water partition coefficient (Wildman–Crippen LogP) is 4.70. The highest BCUT2D eigenvalue weighted by Crippen LogP contribution is 2.39. The Hall–Kier alpha value is -1.32. The summed E-state index contributed by atoms with van der Waals surface area (Å²) in [6.07, 6.45) is 2.12. The fourth-order valence-electron chi connectivity index (χ4n) is 2.92. The zero-order valence-corrected chi connectivity index (χ0v) is 13.8. The van der Waals surface area contributed by atoms with Crippen LogP contribution in [0.5, 0.6) is 5.75 Å². The molecule has 2 aromatic rings. The van der Waals surface area contributed by atoms with Crippen LogP contribution in [-0.2, 0) is 13.0 Å². The topological polar surface area (TPSA) is 21.3 Å². The maximum Gasteiger partial charge on any atom is 0.124 e. The van der Waals surface area contributed by atoms with Crippen molar-refractivity contribution in [2.24, 2.45) is 0 Å². The number of hydrogen-bond donors (Lipinski definition) is 1. The molecule has 0 bridgehead atoms. The lowest BCUT2D eigenvalue weighted by Gasteiger charge is -2.38. The second-order valence-corrected chi connectivity index (χ2v) is 7.51. The molecule has 0 spiro atoms. The van der Waals surface area contributed by atoms with Gasteiger partial charge < -0.3 is 10.1 Å². The van der Waals surface area contributed by atoms with Crippen molar-refractivity contribution in [2.45, 2.75) is 51.8 Å². The van der Waals surface area contributed by atoms with Gasteiger partial charge in [0.05, 0.1) is 0 Å². The van der Waals surface area contributed by atoms with E-state index in [1.165, 1.54) is 15.3 Å². The molecule has 0 amide bonds. The van der Waals surface area contributed by atoms with Crippen LogP contribution in [0.4, 0.5) is 0 Å². The Labute approximate surface area is 131 Å². The average Bonchev–Trinajstić information content (AvgIpc) is 2.91. The first-order valence-corrected chi connectivity index (χ1v) is 8.48. The number of benzene rings is 1. The fraction of sp³-hybridized carbons (Fsp3) is 0.444. The van der Waals surface area contributed by atoms with Crippen LogP contribution in [-0.4, -0.2) is 5.60 Å². The zero-order valence-electron chi connectivity index (χ0n) is 13.0. The zero-order chi connectivity index (χ0) is 14.9. The predicted molar refractivity (Wildman–Crippen MR) is 89.0 cm³/mol. The Bertz CT molecular complexity index is 617. The fourth-order valence-corrected chi connectivity index (χ4v) is 3.82. The van der Waals surface area contributed by atoms with Crippen LogP contribution < -0.4 is 10.1 Å². The number of ether oxygens (including phenoxy) is 1. The van der Waals surface area contributed by atoms with Gasteiger partial charge in [0.1, 0.15) is 11.4 Å². The number of thiophene rings is 1. The summed E-state index contributed by atoms with van der Waals surface area (Å²) in [5.74, 6) is 1.02. The van der Waals surface area contributed by atoms with E-state index in [-0.39, 0.29) is 5.60 Å². The molecule has 1 aromatic carbocycles. The molecule has 1 aliphatic rings. The molecule has 1 atom stereocenters. The maximum atomic E-state index is 6.09. The monoisotopic (exact) mass is 301 g/mol. The van der Waals surface area contributed by atoms with Crippen molar-refractivity contribution in [3.63, 3.8) is 0 Å². The van der Waals surface area contributed by atoms with Crippen LogP contribution in [0, 0.1) is 0 Å². The van der Waals surface area contributed by atoms with E-state index in [1.54, 1.807) is 0 Å². The molecule has 112 valence electrons. The van der Waals surface area contributed by atoms with E-state index in [4.69, 9.17) is 4.74 Å². The minimum atomic E-state index is -0.115. The molecule has 1 aromatic heterocycles. The molecular formula is C18H23NOS. The van der Waals surface area contributed by atoms with Crippen LogP contribution in [0.15, 0.2) is 36.4 Å². The number of para-hydroxylation sites is 1. The second kappa shape index (κ2) is 5.82. The number of aryl methyl sites for hydroxylation is 1. The Morgan fingerprint density at radius 2 is 1.95 bits per heavy atom. The van der Waals surface area contributed by atoms with Gasteiger partial charge in [-0.2, -0.15) is 0 Å². The molecule has 2 heterocycles. The summed E-state index contributed by atoms with van der Waals surface area (Å²) < 4.78 is 6.09. The SMILES string of the molecule is CCc1ccc(CNC2CC(C)(C)Oc3ccccc32)s1. The van der Waals surface area contributed by atoms with E-state index in [2.05, 4.69) is 56.4 Å². The van der Waals surface area contributed by atoms with Crippen LogP contribution in [0.1, 0.15) is 48.6 Å². The van der Waals surface area contributed by atoms with Gasteiger partial charge >= 0.3 is 0 Å². The first kappa shape index (κ1) is 14.6. The van der Waals surface area contributed by atoms with E-state index in [9.17, 15) is 0 Å². The van der Waals surface area contributed by atoms with Crippen molar-refractivity contribution in [3.8, 4) is 5.75 Å². The minimum absolute atomic E-state index is 0.115. The molecule has 0 saturated heterocycles. The van der Waals surface area contributed by atoms with Crippen LogP contribution in [0.3, 0.4) is 0 Å². The normalized spacial score (nSPS) is 19.9. The van der Waals surface area contributed by atoms with Crippen LogP contribution >= 0.6 is 11.3 Å². The van der Waals surface area contributed by atoms with Crippen molar-refractivity contribution in [1.82, 2.24) is 5.32 Å². The second-order valence-electron chi connectivity index (χ2n) is 6.26. The molecule has 21 heavy (non-hydrogen) atoms. The smallest absolute Gasteiger partial charge is 0.124 e. The van der Waals surface area contributed by atoms with Crippen LogP contribution in [0.2, 0.25) is 0 Å². The van der Waals surface area contributed by atoms with Crippen molar-refractivity contribution in [1.29, 1.82) is 0 Å². The van der Waals surface area contributed by atoms with E-state index in [0.29, 0.717) is 6.04 Å². The number of hydrogen-bond acceptors (Lipinski definition) is 3. The van der Waals surface area contributed by atoms with Gasteiger partial charge in [-0.1, -0.05) is 25.1 Å². The Morgan fingerprint density at radius 3 is 2.71 bits per heavy atom. The van der Waals surface area contributed by atoms with Gasteiger partial charge in [-0.3, -0.25) is 0 Å². The molecule has 1 unspecified atom stereocenters. The summed E-state index contributed by atoms with van der Waals surface area (Å²) in [6, 6.07) is 13.2. The lowest BCUT2D eigenvalue weighted by atomic mass is 9.90. The van der Waals surface area contributed by atoms with Gasteiger partial charge in [0.25, 0.3) is 0 Å². The molecule has 1 aliphatic heterocycles. The van der Waals surface area contributed by atoms with Gasteiger partial charge in [0.2, 0.25) is 0 Å². The standard InChI is InChI=1S/C18H23NOS/c1-4-13-9-10-14(21-13)12-19-16-11-18(2,3)20-17-8-6-5-7-15(16)17/h5-10,16,19H,4,11-12H2,1-3H3. The largest absolute Gasteiger partial charge is 0.487 e. The molecule has 1 N–H and O–H groups in total. The Morgan fingerprint density at radius 1 is 1.19 bits per heavy atom. The third-order valence-electron chi connectivity index (χ3n) is 3.96. The number of nitrogens with one attached hydrogen (secondary N) is 1. The Balaban J connectivity index is 1.75. The molecule has 0 aliphatic carbocycles. The first-order valence-electron chi connectivity index (χ1n) is 7.66. The van der Waals surface area contributed by atoms with Gasteiger partial charge in [-0.25, -0.2) is 0 Å². The quantitative estimate of drug-likeness (QED) is 0.883. The van der Waals surface area contributed by atoms with Gasteiger partial charge in [-0.05, 0) is 38.5 Å². The highest BCUT2D eigenvalue weighted by atomic mass is 32.1. The molecular weight excluding hydrogens is 278 g/mol. The summed E-state index contributed by atoms with van der Waals surface area (Å²) in [6.45, 7) is 7.47. The number of fused-ring (bicyclic) bond motifs is 1. The van der Waals surface area contributed by atoms with E-state index in [0.717, 1.165) is 25.1 Å². The van der Waals surface area contributed by atoms with E-state index < -0.39 is 0 Å². The third kappa shape index (κ3) is 3.30. The summed E-state index contributed by atoms with van der Waals surface area (Å²) in [7, 11) is 0. The van der Waals surface area contributed by atoms with Crippen molar-refractivity contribution >= 4 is 11.3 Å². The van der Waals surface area contributed by atoms with Gasteiger partial charge in [-0.15, -0.1) is 11.3 Å². The van der Waals surface area contributed by atoms with E-state index in [1.807, 2.05) is 17.4 Å². The average molecular weight is 301 g/mol. The summed E-state index contributed by atoms with van der Waals surface area (Å²) in [5.41, 5.74) is 1.17. The first-order chi connectivity index (χ1) is 10.1. The molecule has 3 rings (SSSR count). The van der Waals surface area contributed by atoms with Gasteiger partial charge in [0.15, 0.2) is 0 Å². The third-order valence-corrected chi connectivity index (χ3v) is 5.19. The number of rotatable bonds is 4. The Kier molecular flexibility index (Phi) is 4.05. The molecule has 3 heteroatoms. The summed E-state index contributed by atoms with van der Waals surface area (Å²) in [4.78, 5) is 2.87. The van der Waals surface area contributed by atoms with Crippen molar-refractivity contribution in [2.75, 3.05) is 0 Å². The lowest BCUT2D eigenvalue weighted by Crippen LogP contribution is -2.39. The van der Waals surface area contributed by atoms with Crippen molar-refractivity contribution in [3.05, 3.63) is 51.7 Å². The lowest BCUT2D eigenvalue weighted by molar-refractivity contribution is 0.0658. The molecule has 0 fully saturated rings. The maximum absolute atomic E-state index is 6.09. The highest BCUT2D eigenvalue weighted by Gasteiger charge is 2.33. The molecule has 0 radical (unpaired) electrons.